The molecule has 0 amide bonds. The molecule has 0 bridgehead atoms. The standard InChI is InChI=1S/C17H30O8/c1-10(7-5-6-8-12(19)25-17(2,3)4)23-16-15(22)14(21)13(20)11(9-18)24-16/h6,8,10-11,13-16,18,20-22H,5,7,9H2,1-4H3/b8-6+/t10?,11?,13-,14-,15?,16+/m1/s1. The minimum atomic E-state index is -1.46. The van der Waals surface area contributed by atoms with Gasteiger partial charge < -0.3 is 34.6 Å². The second kappa shape index (κ2) is 9.61. The SMILES string of the molecule is CC(CC/C=C/C(=O)OC(C)(C)C)O[C@H]1OC(CO)[C@@H](O)[C@@H](O)C1O. The lowest BCUT2D eigenvalue weighted by molar-refractivity contribution is -0.310. The van der Waals surface area contributed by atoms with Crippen LogP contribution < -0.4 is 0 Å². The zero-order valence-corrected chi connectivity index (χ0v) is 15.2. The molecule has 0 radical (unpaired) electrons. The van der Waals surface area contributed by atoms with Gasteiger partial charge in [-0.25, -0.2) is 4.79 Å². The van der Waals surface area contributed by atoms with Crippen molar-refractivity contribution in [3.63, 3.8) is 0 Å². The number of allylic oxidation sites excluding steroid dienone is 1. The Balaban J connectivity index is 2.41. The van der Waals surface area contributed by atoms with Gasteiger partial charge in [0.25, 0.3) is 0 Å². The van der Waals surface area contributed by atoms with Gasteiger partial charge in [0.15, 0.2) is 6.29 Å². The van der Waals surface area contributed by atoms with Crippen molar-refractivity contribution in [2.45, 2.75) is 82.9 Å². The van der Waals surface area contributed by atoms with Crippen molar-refractivity contribution in [2.75, 3.05) is 6.61 Å². The lowest BCUT2D eigenvalue weighted by Gasteiger charge is -2.40. The average Bonchev–Trinajstić information content (AvgIpc) is 2.50. The van der Waals surface area contributed by atoms with Crippen molar-refractivity contribution < 1.29 is 39.4 Å². The van der Waals surface area contributed by atoms with Crippen LogP contribution in [0.4, 0.5) is 0 Å². The predicted octanol–water partition coefficient (Wildman–Crippen LogP) is -0.131. The summed E-state index contributed by atoms with van der Waals surface area (Å²) < 4.78 is 16.0. The van der Waals surface area contributed by atoms with E-state index < -0.39 is 48.9 Å². The van der Waals surface area contributed by atoms with E-state index in [-0.39, 0.29) is 6.10 Å². The third kappa shape index (κ3) is 7.39. The fraction of sp³-hybridized carbons (Fsp3) is 0.824. The first kappa shape index (κ1) is 22.0. The molecule has 0 aromatic rings. The highest BCUT2D eigenvalue weighted by atomic mass is 16.7. The van der Waals surface area contributed by atoms with Crippen LogP contribution >= 0.6 is 0 Å². The van der Waals surface area contributed by atoms with Crippen molar-refractivity contribution in [1.29, 1.82) is 0 Å². The van der Waals surface area contributed by atoms with Gasteiger partial charge >= 0.3 is 5.97 Å². The first-order valence-electron chi connectivity index (χ1n) is 8.40. The molecule has 0 aliphatic carbocycles. The topological polar surface area (TPSA) is 126 Å². The zero-order valence-electron chi connectivity index (χ0n) is 15.2. The molecule has 1 heterocycles. The summed E-state index contributed by atoms with van der Waals surface area (Å²) in [6.45, 7) is 6.61. The number of carbonyl (C=O) groups excluding carboxylic acids is 1. The molecule has 3 unspecified atom stereocenters. The van der Waals surface area contributed by atoms with Gasteiger partial charge in [-0.05, 0) is 40.5 Å². The van der Waals surface area contributed by atoms with Crippen LogP contribution in [-0.4, -0.2) is 75.4 Å². The van der Waals surface area contributed by atoms with Gasteiger partial charge in [-0.2, -0.15) is 0 Å². The molecular formula is C17H30O8. The van der Waals surface area contributed by atoms with Crippen molar-refractivity contribution in [3.8, 4) is 0 Å². The number of carbonyl (C=O) groups is 1. The summed E-state index contributed by atoms with van der Waals surface area (Å²) in [6, 6.07) is 0. The Morgan fingerprint density at radius 3 is 2.40 bits per heavy atom. The van der Waals surface area contributed by atoms with Gasteiger partial charge in [0.1, 0.15) is 30.0 Å². The lowest BCUT2D eigenvalue weighted by atomic mass is 9.99. The number of rotatable bonds is 7. The number of esters is 1. The largest absolute Gasteiger partial charge is 0.457 e. The first-order valence-corrected chi connectivity index (χ1v) is 8.40. The summed E-state index contributed by atoms with van der Waals surface area (Å²) in [6.07, 6.45) is -2.69. The summed E-state index contributed by atoms with van der Waals surface area (Å²) in [5, 5.41) is 38.5. The van der Waals surface area contributed by atoms with Crippen LogP contribution in [0.3, 0.4) is 0 Å². The van der Waals surface area contributed by atoms with Crippen molar-refractivity contribution >= 4 is 5.97 Å². The van der Waals surface area contributed by atoms with E-state index in [2.05, 4.69) is 0 Å². The maximum absolute atomic E-state index is 11.5. The molecule has 4 N–H and O–H groups in total. The summed E-state index contributed by atoms with van der Waals surface area (Å²) >= 11 is 0. The van der Waals surface area contributed by atoms with Crippen molar-refractivity contribution in [3.05, 3.63) is 12.2 Å². The Morgan fingerprint density at radius 2 is 1.84 bits per heavy atom. The number of aliphatic hydroxyl groups is 4. The molecule has 6 atom stereocenters. The fourth-order valence-electron chi connectivity index (χ4n) is 2.32. The van der Waals surface area contributed by atoms with E-state index in [1.807, 2.05) is 0 Å². The Kier molecular flexibility index (Phi) is 8.46. The van der Waals surface area contributed by atoms with Gasteiger partial charge in [-0.15, -0.1) is 0 Å². The smallest absolute Gasteiger partial charge is 0.330 e. The number of ether oxygens (including phenoxy) is 3. The van der Waals surface area contributed by atoms with Crippen LogP contribution in [0.5, 0.6) is 0 Å². The molecule has 0 aromatic carbocycles. The maximum Gasteiger partial charge on any atom is 0.330 e. The van der Waals surface area contributed by atoms with Gasteiger partial charge in [-0.1, -0.05) is 6.08 Å². The van der Waals surface area contributed by atoms with Crippen LogP contribution in [-0.2, 0) is 19.0 Å². The number of hydrogen-bond donors (Lipinski definition) is 4. The van der Waals surface area contributed by atoms with Crippen LogP contribution in [0.2, 0.25) is 0 Å². The lowest BCUT2D eigenvalue weighted by Crippen LogP contribution is -2.59. The maximum atomic E-state index is 11.5. The molecule has 146 valence electrons. The van der Waals surface area contributed by atoms with Gasteiger partial charge in [0.2, 0.25) is 0 Å². The van der Waals surface area contributed by atoms with E-state index in [1.54, 1.807) is 33.8 Å². The molecule has 1 fully saturated rings. The molecule has 1 aliphatic heterocycles. The molecule has 0 spiro atoms. The minimum absolute atomic E-state index is 0.343. The van der Waals surface area contributed by atoms with Crippen LogP contribution in [0, 0.1) is 0 Å². The van der Waals surface area contributed by atoms with Crippen LogP contribution in [0.15, 0.2) is 12.2 Å². The summed E-state index contributed by atoms with van der Waals surface area (Å²) in [4.78, 5) is 11.5. The van der Waals surface area contributed by atoms with Crippen molar-refractivity contribution in [1.82, 2.24) is 0 Å². The predicted molar refractivity (Wildman–Crippen MR) is 88.5 cm³/mol. The third-order valence-corrected chi connectivity index (χ3v) is 3.62. The van der Waals surface area contributed by atoms with E-state index in [0.717, 1.165) is 0 Å². The average molecular weight is 362 g/mol. The highest BCUT2D eigenvalue weighted by molar-refractivity contribution is 5.82. The van der Waals surface area contributed by atoms with E-state index in [4.69, 9.17) is 19.3 Å². The van der Waals surface area contributed by atoms with Gasteiger partial charge in [0, 0.05) is 6.08 Å². The summed E-state index contributed by atoms with van der Waals surface area (Å²) in [5.41, 5.74) is -0.541. The van der Waals surface area contributed by atoms with E-state index >= 15 is 0 Å². The summed E-state index contributed by atoms with van der Waals surface area (Å²) in [5.74, 6) is -0.421. The quantitative estimate of drug-likeness (QED) is 0.364. The summed E-state index contributed by atoms with van der Waals surface area (Å²) in [7, 11) is 0. The second-order valence-corrected chi connectivity index (χ2v) is 7.16. The molecule has 1 saturated heterocycles. The van der Waals surface area contributed by atoms with E-state index in [1.165, 1.54) is 6.08 Å². The normalized spacial score (nSPS) is 31.9. The Bertz CT molecular complexity index is 442. The fourth-order valence-corrected chi connectivity index (χ4v) is 2.32. The third-order valence-electron chi connectivity index (χ3n) is 3.62. The highest BCUT2D eigenvalue weighted by Gasteiger charge is 2.44. The zero-order chi connectivity index (χ0) is 19.2. The minimum Gasteiger partial charge on any atom is -0.457 e. The highest BCUT2D eigenvalue weighted by Crippen LogP contribution is 2.23. The molecule has 25 heavy (non-hydrogen) atoms. The monoisotopic (exact) mass is 362 g/mol. The molecule has 1 aliphatic rings. The molecule has 8 heteroatoms. The molecule has 0 aromatic heterocycles. The van der Waals surface area contributed by atoms with Crippen LogP contribution in [0.1, 0.15) is 40.5 Å². The van der Waals surface area contributed by atoms with E-state index in [0.29, 0.717) is 12.8 Å². The Labute approximate surface area is 148 Å². The number of aliphatic hydroxyl groups excluding tert-OH is 4. The van der Waals surface area contributed by atoms with Gasteiger partial charge in [-0.3, -0.25) is 0 Å². The molecular weight excluding hydrogens is 332 g/mol. The van der Waals surface area contributed by atoms with E-state index in [9.17, 15) is 20.1 Å². The van der Waals surface area contributed by atoms with Crippen molar-refractivity contribution in [2.24, 2.45) is 0 Å². The first-order chi connectivity index (χ1) is 11.5. The molecule has 8 nitrogen and oxygen atoms in total. The number of hydrogen-bond acceptors (Lipinski definition) is 8. The Morgan fingerprint density at radius 1 is 1.20 bits per heavy atom. The molecule has 1 rings (SSSR count). The van der Waals surface area contributed by atoms with Gasteiger partial charge in [0.05, 0.1) is 12.7 Å². The second-order valence-electron chi connectivity index (χ2n) is 7.16. The Hall–Kier alpha value is -1.03. The molecule has 0 saturated carbocycles. The van der Waals surface area contributed by atoms with Crippen LogP contribution in [0.25, 0.3) is 0 Å².